The molecule has 2 aromatic heterocycles. The highest BCUT2D eigenvalue weighted by Crippen LogP contribution is 2.20. The van der Waals surface area contributed by atoms with E-state index in [1.165, 1.54) is 11.8 Å². The van der Waals surface area contributed by atoms with E-state index >= 15 is 0 Å². The number of carbonyl (C=O) groups is 2. The van der Waals surface area contributed by atoms with Gasteiger partial charge in [-0.15, -0.1) is 0 Å². The fraction of sp³-hybridized carbons (Fsp3) is 0.192. The Kier molecular flexibility index (Phi) is 7.57. The second kappa shape index (κ2) is 11.0. The highest BCUT2D eigenvalue weighted by atomic mass is 32.2. The van der Waals surface area contributed by atoms with E-state index in [0.717, 1.165) is 39.1 Å². The average Bonchev–Trinajstić information content (AvgIpc) is 3.14. The third-order valence-electron chi connectivity index (χ3n) is 5.12. The van der Waals surface area contributed by atoms with Crippen LogP contribution in [0, 0.1) is 20.8 Å². The lowest BCUT2D eigenvalue weighted by Crippen LogP contribution is -2.20. The molecule has 0 saturated heterocycles. The zero-order chi connectivity index (χ0) is 24.8. The molecule has 0 bridgehead atoms. The number of aryl methyl sites for hydroxylation is 3. The fourth-order valence-corrected chi connectivity index (χ4v) is 4.42. The van der Waals surface area contributed by atoms with E-state index in [2.05, 4.69) is 25.8 Å². The number of anilines is 1. The van der Waals surface area contributed by atoms with Crippen LogP contribution in [0.4, 0.5) is 5.69 Å². The van der Waals surface area contributed by atoms with Crippen LogP contribution in [0.1, 0.15) is 22.5 Å². The Balaban J connectivity index is 1.40. The number of fused-ring (bicyclic) bond motifs is 1. The van der Waals surface area contributed by atoms with Gasteiger partial charge in [-0.3, -0.25) is 9.59 Å². The van der Waals surface area contributed by atoms with Crippen LogP contribution < -0.4 is 10.7 Å². The third kappa shape index (κ3) is 6.54. The molecule has 0 fully saturated rings. The maximum absolute atomic E-state index is 12.6. The number of nitrogens with one attached hydrogen (secondary N) is 2. The summed E-state index contributed by atoms with van der Waals surface area (Å²) in [5.41, 5.74) is 7.82. The number of rotatable bonds is 8. The normalized spacial score (nSPS) is 11.2. The van der Waals surface area contributed by atoms with Crippen LogP contribution in [-0.4, -0.2) is 38.3 Å². The van der Waals surface area contributed by atoms with Crippen molar-refractivity contribution in [3.8, 4) is 0 Å². The highest BCUT2D eigenvalue weighted by Gasteiger charge is 2.11. The molecule has 2 aromatic carbocycles. The number of aromatic nitrogens is 3. The predicted octanol–water partition coefficient (Wildman–Crippen LogP) is 4.24. The lowest BCUT2D eigenvalue weighted by Gasteiger charge is -2.08. The second-order valence-electron chi connectivity index (χ2n) is 8.16. The van der Waals surface area contributed by atoms with Crippen LogP contribution in [0.2, 0.25) is 0 Å². The lowest BCUT2D eigenvalue weighted by molar-refractivity contribution is -0.118. The fourth-order valence-electron chi connectivity index (χ4n) is 3.68. The maximum Gasteiger partial charge on any atom is 0.250 e. The Labute approximate surface area is 207 Å². The number of benzene rings is 2. The number of hydrazone groups is 1. The second-order valence-corrected chi connectivity index (χ2v) is 9.10. The van der Waals surface area contributed by atoms with Crippen molar-refractivity contribution in [1.29, 1.82) is 0 Å². The maximum atomic E-state index is 12.6. The summed E-state index contributed by atoms with van der Waals surface area (Å²) in [4.78, 5) is 33.5. The molecule has 2 heterocycles. The van der Waals surface area contributed by atoms with Crippen molar-refractivity contribution in [2.45, 2.75) is 32.5 Å². The van der Waals surface area contributed by atoms with E-state index < -0.39 is 0 Å². The van der Waals surface area contributed by atoms with Crippen molar-refractivity contribution in [1.82, 2.24) is 20.0 Å². The first-order valence-electron chi connectivity index (χ1n) is 11.1. The van der Waals surface area contributed by atoms with Gasteiger partial charge in [0, 0.05) is 39.7 Å². The first kappa shape index (κ1) is 24.2. The van der Waals surface area contributed by atoms with Crippen molar-refractivity contribution >= 4 is 46.4 Å². The largest absolute Gasteiger partial charge is 0.337 e. The van der Waals surface area contributed by atoms with Crippen molar-refractivity contribution in [2.75, 3.05) is 11.1 Å². The zero-order valence-corrected chi connectivity index (χ0v) is 20.6. The van der Waals surface area contributed by atoms with Crippen LogP contribution in [-0.2, 0) is 16.1 Å². The van der Waals surface area contributed by atoms with Gasteiger partial charge < -0.3 is 9.88 Å². The van der Waals surface area contributed by atoms with Crippen LogP contribution in [0.3, 0.4) is 0 Å². The summed E-state index contributed by atoms with van der Waals surface area (Å²) >= 11 is 1.26. The average molecular weight is 487 g/mol. The van der Waals surface area contributed by atoms with Crippen molar-refractivity contribution in [3.63, 3.8) is 0 Å². The Hall–Kier alpha value is -3.98. The molecule has 0 aliphatic rings. The van der Waals surface area contributed by atoms with Gasteiger partial charge in [0.05, 0.1) is 12.0 Å². The number of hydrogen-bond acceptors (Lipinski definition) is 6. The minimum absolute atomic E-state index is 0.126. The number of thioether (sulfide) groups is 1. The molecule has 8 nitrogen and oxygen atoms in total. The van der Waals surface area contributed by atoms with Gasteiger partial charge in [-0.1, -0.05) is 42.1 Å². The smallest absolute Gasteiger partial charge is 0.250 e. The molecule has 0 spiro atoms. The third-order valence-corrected chi connectivity index (χ3v) is 5.97. The summed E-state index contributed by atoms with van der Waals surface area (Å²) in [5, 5.41) is 8.55. The van der Waals surface area contributed by atoms with Gasteiger partial charge in [0.1, 0.15) is 6.54 Å². The number of amides is 2. The summed E-state index contributed by atoms with van der Waals surface area (Å²) in [6.45, 7) is 5.92. The van der Waals surface area contributed by atoms with E-state index in [9.17, 15) is 9.59 Å². The molecule has 4 rings (SSSR count). The summed E-state index contributed by atoms with van der Waals surface area (Å²) in [6.07, 6.45) is 3.45. The standard InChI is InChI=1S/C26H26N6O2S/c1-17-7-6-8-21(11-17)30-24(33)15-32-14-20(22-9-4-5-10-23(22)32)13-27-31-25(34)16-35-26-28-18(2)12-19(3)29-26/h4-14H,15-16H2,1-3H3,(H,30,33)(H,31,34)/b27-13-. The summed E-state index contributed by atoms with van der Waals surface area (Å²) in [5.74, 6) is -0.227. The first-order chi connectivity index (χ1) is 16.9. The minimum atomic E-state index is -0.254. The monoisotopic (exact) mass is 486 g/mol. The van der Waals surface area contributed by atoms with E-state index in [0.29, 0.717) is 5.16 Å². The molecular formula is C26H26N6O2S. The summed E-state index contributed by atoms with van der Waals surface area (Å²) in [7, 11) is 0. The predicted molar refractivity (Wildman–Crippen MR) is 140 cm³/mol. The van der Waals surface area contributed by atoms with Gasteiger partial charge in [0.15, 0.2) is 5.16 Å². The first-order valence-corrected chi connectivity index (χ1v) is 12.1. The topological polar surface area (TPSA) is 101 Å². The molecule has 0 saturated carbocycles. The van der Waals surface area contributed by atoms with Gasteiger partial charge >= 0.3 is 0 Å². The molecule has 35 heavy (non-hydrogen) atoms. The zero-order valence-electron chi connectivity index (χ0n) is 19.8. The number of para-hydroxylation sites is 1. The van der Waals surface area contributed by atoms with Gasteiger partial charge in [-0.2, -0.15) is 5.10 Å². The molecule has 0 aliphatic heterocycles. The summed E-state index contributed by atoms with van der Waals surface area (Å²) in [6, 6.07) is 17.3. The van der Waals surface area contributed by atoms with Crippen molar-refractivity contribution in [2.24, 2.45) is 5.10 Å². The molecule has 2 N–H and O–H groups in total. The van der Waals surface area contributed by atoms with E-state index in [1.807, 2.05) is 86.1 Å². The Morgan fingerprint density at radius 1 is 1.00 bits per heavy atom. The Morgan fingerprint density at radius 2 is 1.77 bits per heavy atom. The summed E-state index contributed by atoms with van der Waals surface area (Å²) < 4.78 is 1.87. The molecule has 0 atom stereocenters. The molecule has 4 aromatic rings. The highest BCUT2D eigenvalue weighted by molar-refractivity contribution is 7.99. The molecule has 0 aliphatic carbocycles. The molecule has 178 valence electrons. The lowest BCUT2D eigenvalue weighted by atomic mass is 10.2. The number of hydrogen-bond donors (Lipinski definition) is 2. The molecule has 0 unspecified atom stereocenters. The van der Waals surface area contributed by atoms with E-state index in [1.54, 1.807) is 6.21 Å². The van der Waals surface area contributed by atoms with Crippen LogP contribution in [0.25, 0.3) is 10.9 Å². The van der Waals surface area contributed by atoms with Gasteiger partial charge in [0.25, 0.3) is 5.91 Å². The van der Waals surface area contributed by atoms with Crippen molar-refractivity contribution < 1.29 is 9.59 Å². The molecular weight excluding hydrogens is 460 g/mol. The van der Waals surface area contributed by atoms with Crippen LogP contribution in [0.15, 0.2) is 71.1 Å². The minimum Gasteiger partial charge on any atom is -0.337 e. The van der Waals surface area contributed by atoms with Gasteiger partial charge in [-0.25, -0.2) is 15.4 Å². The van der Waals surface area contributed by atoms with Crippen LogP contribution >= 0.6 is 11.8 Å². The van der Waals surface area contributed by atoms with E-state index in [4.69, 9.17) is 0 Å². The molecule has 9 heteroatoms. The van der Waals surface area contributed by atoms with Gasteiger partial charge in [0.2, 0.25) is 5.91 Å². The van der Waals surface area contributed by atoms with Crippen LogP contribution in [0.5, 0.6) is 0 Å². The van der Waals surface area contributed by atoms with Crippen molar-refractivity contribution in [3.05, 3.63) is 83.3 Å². The van der Waals surface area contributed by atoms with E-state index in [-0.39, 0.29) is 24.1 Å². The quantitative estimate of drug-likeness (QED) is 0.168. The number of nitrogens with zero attached hydrogens (tertiary/aromatic N) is 4. The van der Waals surface area contributed by atoms with Gasteiger partial charge in [-0.05, 0) is 50.6 Å². The Bertz CT molecular complexity index is 1390. The molecule has 0 radical (unpaired) electrons. The Morgan fingerprint density at radius 3 is 2.54 bits per heavy atom. The molecule has 2 amide bonds. The SMILES string of the molecule is Cc1cccc(NC(=O)Cn2cc(/C=N\NC(=O)CSc3nc(C)cc(C)n3)c3ccccc32)c1. The number of carbonyl (C=O) groups excluding carboxylic acids is 2.